The van der Waals surface area contributed by atoms with Crippen molar-refractivity contribution in [2.75, 3.05) is 7.11 Å². The zero-order chi connectivity index (χ0) is 18.0. The summed E-state index contributed by atoms with van der Waals surface area (Å²) in [4.78, 5) is 16.7. The standard InChI is InChI=1S/C18H12F2N2O2S/c1-3-8-22-16-13(20)9-11(19)10-15(16)25-18(22)21-17(23)12-6-4-5-7-14(12)24-2/h1,4-7,9-10H,8H2,2H3. The highest BCUT2D eigenvalue weighted by molar-refractivity contribution is 7.16. The van der Waals surface area contributed by atoms with Gasteiger partial charge in [-0.3, -0.25) is 4.79 Å². The van der Waals surface area contributed by atoms with Crippen LogP contribution in [0.15, 0.2) is 41.4 Å². The van der Waals surface area contributed by atoms with Crippen LogP contribution in [0.25, 0.3) is 10.2 Å². The zero-order valence-corrected chi connectivity index (χ0v) is 13.9. The van der Waals surface area contributed by atoms with Gasteiger partial charge in [0.05, 0.1) is 29.4 Å². The second kappa shape index (κ2) is 6.87. The van der Waals surface area contributed by atoms with E-state index in [-0.39, 0.29) is 22.4 Å². The number of hydrogen-bond donors (Lipinski definition) is 0. The fraction of sp³-hybridized carbons (Fsp3) is 0.111. The first-order valence-electron chi connectivity index (χ1n) is 7.19. The molecule has 2 aromatic carbocycles. The highest BCUT2D eigenvalue weighted by atomic mass is 32.1. The molecule has 0 N–H and O–H groups in total. The highest BCUT2D eigenvalue weighted by Crippen LogP contribution is 2.23. The lowest BCUT2D eigenvalue weighted by Gasteiger charge is -2.04. The van der Waals surface area contributed by atoms with E-state index in [4.69, 9.17) is 11.2 Å². The van der Waals surface area contributed by atoms with Crippen molar-refractivity contribution in [2.24, 2.45) is 4.99 Å². The number of amides is 1. The van der Waals surface area contributed by atoms with Crippen molar-refractivity contribution in [1.82, 2.24) is 4.57 Å². The fourth-order valence-corrected chi connectivity index (χ4v) is 3.49. The number of carbonyl (C=O) groups is 1. The van der Waals surface area contributed by atoms with E-state index in [0.717, 1.165) is 17.4 Å². The van der Waals surface area contributed by atoms with Gasteiger partial charge in [0.2, 0.25) is 0 Å². The van der Waals surface area contributed by atoms with E-state index < -0.39 is 17.5 Å². The first-order chi connectivity index (χ1) is 12.0. The van der Waals surface area contributed by atoms with Crippen LogP contribution in [0.3, 0.4) is 0 Å². The minimum Gasteiger partial charge on any atom is -0.496 e. The van der Waals surface area contributed by atoms with Crippen LogP contribution in [0.4, 0.5) is 8.78 Å². The molecule has 3 aromatic rings. The van der Waals surface area contributed by atoms with Crippen molar-refractivity contribution in [3.8, 4) is 18.1 Å². The van der Waals surface area contributed by atoms with Gasteiger partial charge in [-0.15, -0.1) is 6.42 Å². The number of carbonyl (C=O) groups excluding carboxylic acids is 1. The Hall–Kier alpha value is -2.98. The molecule has 1 amide bonds. The van der Waals surface area contributed by atoms with E-state index in [2.05, 4.69) is 10.9 Å². The molecule has 0 unspecified atom stereocenters. The van der Waals surface area contributed by atoms with Gasteiger partial charge < -0.3 is 9.30 Å². The molecule has 0 aliphatic rings. The average Bonchev–Trinajstić information content (AvgIpc) is 2.92. The number of para-hydroxylation sites is 1. The van der Waals surface area contributed by atoms with Gasteiger partial charge in [0, 0.05) is 6.07 Å². The largest absolute Gasteiger partial charge is 0.496 e. The lowest BCUT2D eigenvalue weighted by Crippen LogP contribution is -2.17. The molecule has 126 valence electrons. The Morgan fingerprint density at radius 3 is 2.84 bits per heavy atom. The van der Waals surface area contributed by atoms with Gasteiger partial charge in [-0.2, -0.15) is 4.99 Å². The molecule has 0 aliphatic heterocycles. The van der Waals surface area contributed by atoms with Gasteiger partial charge in [0.25, 0.3) is 5.91 Å². The van der Waals surface area contributed by atoms with Crippen molar-refractivity contribution in [2.45, 2.75) is 6.54 Å². The van der Waals surface area contributed by atoms with Gasteiger partial charge in [-0.25, -0.2) is 8.78 Å². The van der Waals surface area contributed by atoms with Crippen LogP contribution in [-0.2, 0) is 6.54 Å². The molecule has 1 aromatic heterocycles. The van der Waals surface area contributed by atoms with Crippen LogP contribution < -0.4 is 9.54 Å². The molecule has 0 saturated carbocycles. The third-order valence-corrected chi connectivity index (χ3v) is 4.50. The van der Waals surface area contributed by atoms with Crippen molar-refractivity contribution in [3.05, 3.63) is 58.4 Å². The summed E-state index contributed by atoms with van der Waals surface area (Å²) in [7, 11) is 1.45. The monoisotopic (exact) mass is 358 g/mol. The molecule has 0 bridgehead atoms. The molecular weight excluding hydrogens is 346 g/mol. The Balaban J connectivity index is 2.22. The first kappa shape index (κ1) is 16.9. The molecular formula is C18H12F2N2O2S. The summed E-state index contributed by atoms with van der Waals surface area (Å²) in [5.74, 6) is 0.743. The number of thiazole rings is 1. The number of methoxy groups -OCH3 is 1. The maximum atomic E-state index is 14.2. The molecule has 0 atom stereocenters. The quantitative estimate of drug-likeness (QED) is 0.674. The van der Waals surface area contributed by atoms with E-state index >= 15 is 0 Å². The summed E-state index contributed by atoms with van der Waals surface area (Å²) in [5.41, 5.74) is 0.386. The molecule has 7 heteroatoms. The van der Waals surface area contributed by atoms with Crippen LogP contribution in [0.2, 0.25) is 0 Å². The highest BCUT2D eigenvalue weighted by Gasteiger charge is 2.15. The number of aromatic nitrogens is 1. The Kier molecular flexibility index (Phi) is 4.63. The van der Waals surface area contributed by atoms with Gasteiger partial charge in [-0.05, 0) is 18.2 Å². The summed E-state index contributed by atoms with van der Waals surface area (Å²) in [6.07, 6.45) is 5.34. The Morgan fingerprint density at radius 1 is 1.36 bits per heavy atom. The maximum Gasteiger partial charge on any atom is 0.283 e. The van der Waals surface area contributed by atoms with E-state index in [1.165, 1.54) is 17.7 Å². The van der Waals surface area contributed by atoms with Crippen LogP contribution in [0.5, 0.6) is 5.75 Å². The summed E-state index contributed by atoms with van der Waals surface area (Å²) < 4.78 is 34.5. The molecule has 1 heterocycles. The van der Waals surface area contributed by atoms with Crippen LogP contribution >= 0.6 is 11.3 Å². The van der Waals surface area contributed by atoms with Gasteiger partial charge in [-0.1, -0.05) is 29.4 Å². The Bertz CT molecular complexity index is 1080. The van der Waals surface area contributed by atoms with Crippen LogP contribution in [0, 0.1) is 24.0 Å². The number of benzene rings is 2. The molecule has 3 rings (SSSR count). The predicted octanol–water partition coefficient (Wildman–Crippen LogP) is 3.36. The maximum absolute atomic E-state index is 14.2. The minimum atomic E-state index is -0.757. The van der Waals surface area contributed by atoms with Crippen LogP contribution in [-0.4, -0.2) is 17.6 Å². The molecule has 0 radical (unpaired) electrons. The predicted molar refractivity (Wildman–Crippen MR) is 91.5 cm³/mol. The number of terminal acetylenes is 1. The summed E-state index contributed by atoms with van der Waals surface area (Å²) in [6, 6.07) is 8.57. The number of halogens is 2. The third kappa shape index (κ3) is 3.16. The van der Waals surface area contributed by atoms with E-state index in [1.54, 1.807) is 24.3 Å². The molecule has 0 spiro atoms. The lowest BCUT2D eigenvalue weighted by molar-refractivity contribution is 0.0995. The Morgan fingerprint density at radius 2 is 2.12 bits per heavy atom. The summed E-state index contributed by atoms with van der Waals surface area (Å²) in [6.45, 7) is 0.000586. The second-order valence-corrected chi connectivity index (χ2v) is 6.04. The topological polar surface area (TPSA) is 43.6 Å². The van der Waals surface area contributed by atoms with E-state index in [9.17, 15) is 13.6 Å². The third-order valence-electron chi connectivity index (χ3n) is 3.48. The van der Waals surface area contributed by atoms with Crippen molar-refractivity contribution in [1.29, 1.82) is 0 Å². The smallest absolute Gasteiger partial charge is 0.283 e. The van der Waals surface area contributed by atoms with Gasteiger partial charge >= 0.3 is 0 Å². The Labute approximate surface area is 146 Å². The van der Waals surface area contributed by atoms with Gasteiger partial charge in [0.1, 0.15) is 11.6 Å². The molecule has 25 heavy (non-hydrogen) atoms. The zero-order valence-electron chi connectivity index (χ0n) is 13.1. The average molecular weight is 358 g/mol. The SMILES string of the molecule is C#CCn1c(=NC(=O)c2ccccc2OC)sc2cc(F)cc(F)c21. The fourth-order valence-electron chi connectivity index (χ4n) is 2.42. The lowest BCUT2D eigenvalue weighted by atomic mass is 10.2. The van der Waals surface area contributed by atoms with Crippen molar-refractivity contribution in [3.63, 3.8) is 0 Å². The van der Waals surface area contributed by atoms with E-state index in [1.807, 2.05) is 0 Å². The summed E-state index contributed by atoms with van der Waals surface area (Å²) in [5, 5.41) is 0. The summed E-state index contributed by atoms with van der Waals surface area (Å²) >= 11 is 0.988. The number of ether oxygens (including phenoxy) is 1. The molecule has 0 aliphatic carbocycles. The molecule has 0 fully saturated rings. The van der Waals surface area contributed by atoms with Gasteiger partial charge in [0.15, 0.2) is 10.6 Å². The second-order valence-electron chi connectivity index (χ2n) is 5.03. The molecule has 0 saturated heterocycles. The molecule has 4 nitrogen and oxygen atoms in total. The number of rotatable bonds is 3. The van der Waals surface area contributed by atoms with Crippen LogP contribution in [0.1, 0.15) is 10.4 Å². The minimum absolute atomic E-state index is 0.000586. The van der Waals surface area contributed by atoms with Crippen molar-refractivity contribution < 1.29 is 18.3 Å². The number of fused-ring (bicyclic) bond motifs is 1. The normalized spacial score (nSPS) is 11.5. The first-order valence-corrected chi connectivity index (χ1v) is 8.00. The number of nitrogens with zero attached hydrogens (tertiary/aromatic N) is 2. The number of hydrogen-bond acceptors (Lipinski definition) is 3. The van der Waals surface area contributed by atoms with E-state index in [0.29, 0.717) is 10.4 Å². The van der Waals surface area contributed by atoms with Crippen molar-refractivity contribution >= 4 is 27.5 Å².